The summed E-state index contributed by atoms with van der Waals surface area (Å²) in [5, 5.41) is 0.766. The quantitative estimate of drug-likeness (QED) is 0.744. The van der Waals surface area contributed by atoms with Gasteiger partial charge >= 0.3 is 5.97 Å². The van der Waals surface area contributed by atoms with E-state index >= 15 is 0 Å². The lowest BCUT2D eigenvalue weighted by Crippen LogP contribution is -2.09. The highest BCUT2D eigenvalue weighted by Crippen LogP contribution is 2.33. The van der Waals surface area contributed by atoms with Gasteiger partial charge in [-0.15, -0.1) is 11.3 Å². The number of carbonyl (C=O) groups excluding carboxylic acids is 1. The summed E-state index contributed by atoms with van der Waals surface area (Å²) in [6.07, 6.45) is 0. The van der Waals surface area contributed by atoms with Gasteiger partial charge in [-0.2, -0.15) is 0 Å². The van der Waals surface area contributed by atoms with Crippen molar-refractivity contribution in [1.82, 2.24) is 4.98 Å². The molecule has 2 rings (SSSR count). The van der Waals surface area contributed by atoms with Crippen molar-refractivity contribution in [3.63, 3.8) is 0 Å². The summed E-state index contributed by atoms with van der Waals surface area (Å²) < 4.78 is 10.8. The fourth-order valence-electron chi connectivity index (χ4n) is 1.79. The maximum absolute atomic E-state index is 12.1. The fourth-order valence-corrected chi connectivity index (χ4v) is 2.70. The Morgan fingerprint density at radius 2 is 1.95 bits per heavy atom. The van der Waals surface area contributed by atoms with Gasteiger partial charge in [-0.3, -0.25) is 0 Å². The molecule has 0 aliphatic rings. The third-order valence-electron chi connectivity index (χ3n) is 2.91. The van der Waals surface area contributed by atoms with Crippen LogP contribution in [0.4, 0.5) is 0 Å². The van der Waals surface area contributed by atoms with E-state index < -0.39 is 0 Å². The molecule has 118 valence electrons. The summed E-state index contributed by atoms with van der Waals surface area (Å²) in [4.78, 5) is 17.0. The van der Waals surface area contributed by atoms with Gasteiger partial charge in [0, 0.05) is 5.56 Å². The van der Waals surface area contributed by atoms with Gasteiger partial charge in [0.2, 0.25) is 5.88 Å². The second kappa shape index (κ2) is 7.40. The number of hydrogen-bond acceptors (Lipinski definition) is 5. The van der Waals surface area contributed by atoms with Gasteiger partial charge in [0.15, 0.2) is 4.88 Å². The minimum absolute atomic E-state index is 0.334. The molecule has 5 heteroatoms. The van der Waals surface area contributed by atoms with Crippen LogP contribution in [0.15, 0.2) is 24.3 Å². The zero-order valence-electron chi connectivity index (χ0n) is 13.4. The molecule has 1 aromatic heterocycles. The molecule has 22 heavy (non-hydrogen) atoms. The number of esters is 1. The van der Waals surface area contributed by atoms with E-state index in [0.29, 0.717) is 29.9 Å². The normalized spacial score (nSPS) is 10.8. The number of benzene rings is 1. The van der Waals surface area contributed by atoms with Crippen LogP contribution in [0.25, 0.3) is 10.6 Å². The first-order valence-corrected chi connectivity index (χ1v) is 8.20. The van der Waals surface area contributed by atoms with E-state index in [0.717, 1.165) is 10.6 Å². The average Bonchev–Trinajstić information content (AvgIpc) is 2.90. The summed E-state index contributed by atoms with van der Waals surface area (Å²) in [7, 11) is 0. The minimum atomic E-state index is -0.378. The molecular weight excluding hydrogens is 298 g/mol. The SMILES string of the molecule is CCOC(=O)c1sc(-c2ccc(C)cc2)nc1OCC(C)C. The molecule has 0 bridgehead atoms. The molecule has 0 fully saturated rings. The minimum Gasteiger partial charge on any atom is -0.476 e. The summed E-state index contributed by atoms with van der Waals surface area (Å²) in [5.41, 5.74) is 2.16. The molecule has 0 aliphatic carbocycles. The number of rotatable bonds is 6. The lowest BCUT2D eigenvalue weighted by Gasteiger charge is -2.07. The van der Waals surface area contributed by atoms with E-state index in [9.17, 15) is 4.79 Å². The van der Waals surface area contributed by atoms with Crippen LogP contribution in [0, 0.1) is 12.8 Å². The van der Waals surface area contributed by atoms with Gasteiger partial charge in [-0.05, 0) is 19.8 Å². The molecular formula is C17H21NO3S. The standard InChI is InChI=1S/C17H21NO3S/c1-5-20-17(19)14-15(21-10-11(2)3)18-16(22-14)13-8-6-12(4)7-9-13/h6-9,11H,5,10H2,1-4H3. The number of nitrogens with zero attached hydrogens (tertiary/aromatic N) is 1. The van der Waals surface area contributed by atoms with Crippen LogP contribution in [0.2, 0.25) is 0 Å². The molecule has 0 radical (unpaired) electrons. The molecule has 0 aliphatic heterocycles. The number of carbonyl (C=O) groups is 1. The molecule has 0 atom stereocenters. The van der Waals surface area contributed by atoms with E-state index in [1.54, 1.807) is 6.92 Å². The maximum Gasteiger partial charge on any atom is 0.354 e. The van der Waals surface area contributed by atoms with E-state index in [4.69, 9.17) is 9.47 Å². The fraction of sp³-hybridized carbons (Fsp3) is 0.412. The zero-order chi connectivity index (χ0) is 16.1. The van der Waals surface area contributed by atoms with Gasteiger partial charge < -0.3 is 9.47 Å². The first-order chi connectivity index (χ1) is 10.5. The summed E-state index contributed by atoms with van der Waals surface area (Å²) in [6, 6.07) is 8.04. The van der Waals surface area contributed by atoms with Gasteiger partial charge in [-0.1, -0.05) is 43.7 Å². The topological polar surface area (TPSA) is 48.4 Å². The van der Waals surface area contributed by atoms with Crippen molar-refractivity contribution in [3.05, 3.63) is 34.7 Å². The van der Waals surface area contributed by atoms with Crippen LogP contribution in [0.1, 0.15) is 36.0 Å². The average molecular weight is 319 g/mol. The molecule has 0 amide bonds. The van der Waals surface area contributed by atoms with E-state index in [2.05, 4.69) is 18.8 Å². The van der Waals surface area contributed by atoms with Gasteiger partial charge in [0.25, 0.3) is 0 Å². The van der Waals surface area contributed by atoms with Gasteiger partial charge in [-0.25, -0.2) is 9.78 Å². The predicted octanol–water partition coefficient (Wildman–Crippen LogP) is 4.33. The number of aromatic nitrogens is 1. The molecule has 0 saturated heterocycles. The highest BCUT2D eigenvalue weighted by Gasteiger charge is 2.21. The van der Waals surface area contributed by atoms with Crippen molar-refractivity contribution in [2.75, 3.05) is 13.2 Å². The monoisotopic (exact) mass is 319 g/mol. The first-order valence-electron chi connectivity index (χ1n) is 7.39. The molecule has 1 heterocycles. The van der Waals surface area contributed by atoms with E-state index in [1.165, 1.54) is 16.9 Å². The highest BCUT2D eigenvalue weighted by atomic mass is 32.1. The Kier molecular flexibility index (Phi) is 5.55. The number of hydrogen-bond donors (Lipinski definition) is 0. The number of ether oxygens (including phenoxy) is 2. The van der Waals surface area contributed by atoms with Crippen LogP contribution in [-0.2, 0) is 4.74 Å². The second-order valence-corrected chi connectivity index (χ2v) is 6.44. The summed E-state index contributed by atoms with van der Waals surface area (Å²) >= 11 is 1.31. The van der Waals surface area contributed by atoms with Crippen molar-refractivity contribution in [3.8, 4) is 16.5 Å². The molecule has 0 unspecified atom stereocenters. The van der Waals surface area contributed by atoms with Crippen molar-refractivity contribution in [2.45, 2.75) is 27.7 Å². The Bertz CT molecular complexity index is 632. The van der Waals surface area contributed by atoms with Crippen molar-refractivity contribution < 1.29 is 14.3 Å². The molecule has 1 aromatic carbocycles. The van der Waals surface area contributed by atoms with Gasteiger partial charge in [0.05, 0.1) is 13.2 Å². The molecule has 2 aromatic rings. The predicted molar refractivity (Wildman–Crippen MR) is 88.6 cm³/mol. The van der Waals surface area contributed by atoms with Crippen molar-refractivity contribution in [1.29, 1.82) is 0 Å². The third-order valence-corrected chi connectivity index (χ3v) is 3.97. The summed E-state index contributed by atoms with van der Waals surface area (Å²) in [6.45, 7) is 8.78. The van der Waals surface area contributed by atoms with Crippen LogP contribution in [0.5, 0.6) is 5.88 Å². The number of thiazole rings is 1. The zero-order valence-corrected chi connectivity index (χ0v) is 14.2. The van der Waals surface area contributed by atoms with Crippen LogP contribution in [0.3, 0.4) is 0 Å². The van der Waals surface area contributed by atoms with E-state index in [-0.39, 0.29) is 5.97 Å². The van der Waals surface area contributed by atoms with E-state index in [1.807, 2.05) is 31.2 Å². The second-order valence-electron chi connectivity index (χ2n) is 5.44. The lowest BCUT2D eigenvalue weighted by molar-refractivity contribution is 0.0526. The molecule has 0 saturated carbocycles. The number of aryl methyl sites for hydroxylation is 1. The Hall–Kier alpha value is -1.88. The van der Waals surface area contributed by atoms with Gasteiger partial charge in [0.1, 0.15) is 5.01 Å². The Morgan fingerprint density at radius 3 is 2.55 bits per heavy atom. The first kappa shape index (κ1) is 16.5. The smallest absolute Gasteiger partial charge is 0.354 e. The van der Waals surface area contributed by atoms with Crippen molar-refractivity contribution in [2.24, 2.45) is 5.92 Å². The molecule has 0 spiro atoms. The van der Waals surface area contributed by atoms with Crippen LogP contribution in [-0.4, -0.2) is 24.2 Å². The Labute approximate surface area is 135 Å². The Balaban J connectivity index is 2.33. The molecule has 4 nitrogen and oxygen atoms in total. The van der Waals surface area contributed by atoms with Crippen LogP contribution >= 0.6 is 11.3 Å². The van der Waals surface area contributed by atoms with Crippen molar-refractivity contribution >= 4 is 17.3 Å². The largest absolute Gasteiger partial charge is 0.476 e. The van der Waals surface area contributed by atoms with Crippen LogP contribution < -0.4 is 4.74 Å². The summed E-state index contributed by atoms with van der Waals surface area (Å²) in [5.74, 6) is 0.351. The third kappa shape index (κ3) is 4.07. The highest BCUT2D eigenvalue weighted by molar-refractivity contribution is 7.17. The Morgan fingerprint density at radius 1 is 1.27 bits per heavy atom. The lowest BCUT2D eigenvalue weighted by atomic mass is 10.2. The molecule has 0 N–H and O–H groups in total. The maximum atomic E-state index is 12.1.